The minimum absolute atomic E-state index is 0.114. The summed E-state index contributed by atoms with van der Waals surface area (Å²) in [5, 5.41) is 11.5. The van der Waals surface area contributed by atoms with Crippen LogP contribution in [0.1, 0.15) is 12.8 Å². The number of nitrogens with two attached hydrogens (primary N) is 1. The molecule has 16 heavy (non-hydrogen) atoms. The van der Waals surface area contributed by atoms with Crippen molar-refractivity contribution in [2.75, 3.05) is 20.8 Å². The van der Waals surface area contributed by atoms with E-state index in [4.69, 9.17) is 15.6 Å². The molecule has 2 unspecified atom stereocenters. The van der Waals surface area contributed by atoms with Crippen LogP contribution in [0, 0.1) is 0 Å². The van der Waals surface area contributed by atoms with E-state index in [1.807, 2.05) is 0 Å². The molecule has 0 radical (unpaired) electrons. The predicted octanol–water partition coefficient (Wildman–Crippen LogP) is -1.09. The third kappa shape index (κ3) is 6.33. The number of carbonyl (C=O) groups excluding carboxylic acids is 1. The van der Waals surface area contributed by atoms with Gasteiger partial charge in [-0.1, -0.05) is 0 Å². The zero-order chi connectivity index (χ0) is 12.6. The Morgan fingerprint density at radius 3 is 2.50 bits per heavy atom. The molecule has 0 aliphatic rings. The van der Waals surface area contributed by atoms with Gasteiger partial charge in [0.15, 0.2) is 0 Å². The molecule has 0 fully saturated rings. The van der Waals surface area contributed by atoms with Crippen LogP contribution in [0.5, 0.6) is 0 Å². The monoisotopic (exact) mass is 234 g/mol. The zero-order valence-electron chi connectivity index (χ0n) is 9.43. The molecule has 0 bridgehead atoms. The van der Waals surface area contributed by atoms with Crippen LogP contribution >= 0.6 is 0 Å². The Kier molecular flexibility index (Phi) is 7.44. The first kappa shape index (κ1) is 14.8. The Labute approximate surface area is 93.9 Å². The van der Waals surface area contributed by atoms with Gasteiger partial charge in [0.1, 0.15) is 12.3 Å². The van der Waals surface area contributed by atoms with E-state index >= 15 is 0 Å². The smallest absolute Gasteiger partial charge is 0.320 e. The van der Waals surface area contributed by atoms with Crippen LogP contribution in [0.4, 0.5) is 0 Å². The summed E-state index contributed by atoms with van der Waals surface area (Å²) < 4.78 is 9.18. The maximum atomic E-state index is 10.8. The van der Waals surface area contributed by atoms with Gasteiger partial charge in [-0.25, -0.2) is 0 Å². The largest absolute Gasteiger partial charge is 0.480 e. The molecule has 0 aromatic heterocycles. The number of nitrogens with one attached hydrogen (secondary N) is 1. The number of aliphatic carboxylic acids is 1. The SMILES string of the molecule is COC(=O)CCNC(CC(N)OC)C(=O)O. The van der Waals surface area contributed by atoms with Gasteiger partial charge >= 0.3 is 11.9 Å². The van der Waals surface area contributed by atoms with Gasteiger partial charge in [0.25, 0.3) is 0 Å². The first-order valence-electron chi connectivity index (χ1n) is 4.82. The van der Waals surface area contributed by atoms with Gasteiger partial charge in [0.2, 0.25) is 0 Å². The van der Waals surface area contributed by atoms with Crippen molar-refractivity contribution in [2.45, 2.75) is 25.1 Å². The lowest BCUT2D eigenvalue weighted by Crippen LogP contribution is -2.42. The van der Waals surface area contributed by atoms with E-state index in [2.05, 4.69) is 10.1 Å². The Morgan fingerprint density at radius 2 is 2.06 bits per heavy atom. The quantitative estimate of drug-likeness (QED) is 0.361. The summed E-state index contributed by atoms with van der Waals surface area (Å²) >= 11 is 0. The van der Waals surface area contributed by atoms with Gasteiger partial charge in [-0.15, -0.1) is 0 Å². The molecule has 0 saturated heterocycles. The van der Waals surface area contributed by atoms with E-state index in [1.165, 1.54) is 14.2 Å². The molecule has 0 saturated carbocycles. The molecule has 0 aromatic carbocycles. The number of carboxylic acid groups (broad SMARTS) is 1. The fraction of sp³-hybridized carbons (Fsp3) is 0.778. The minimum Gasteiger partial charge on any atom is -0.480 e. The fourth-order valence-electron chi connectivity index (χ4n) is 1.05. The van der Waals surface area contributed by atoms with Crippen molar-refractivity contribution in [1.82, 2.24) is 5.32 Å². The molecular formula is C9H18N2O5. The Hall–Kier alpha value is -1.18. The maximum absolute atomic E-state index is 10.8. The Bertz CT molecular complexity index is 234. The second-order valence-electron chi connectivity index (χ2n) is 3.18. The summed E-state index contributed by atoms with van der Waals surface area (Å²) in [7, 11) is 2.68. The number of methoxy groups -OCH3 is 2. The summed E-state index contributed by atoms with van der Waals surface area (Å²) in [6.45, 7) is 0.222. The predicted molar refractivity (Wildman–Crippen MR) is 55.7 cm³/mol. The highest BCUT2D eigenvalue weighted by atomic mass is 16.5. The van der Waals surface area contributed by atoms with E-state index in [-0.39, 0.29) is 19.4 Å². The highest BCUT2D eigenvalue weighted by molar-refractivity contribution is 5.73. The molecule has 0 aliphatic carbocycles. The first-order valence-corrected chi connectivity index (χ1v) is 4.82. The molecule has 2 atom stereocenters. The molecule has 0 rings (SSSR count). The highest BCUT2D eigenvalue weighted by Crippen LogP contribution is 1.98. The lowest BCUT2D eigenvalue weighted by Gasteiger charge is -2.17. The number of rotatable bonds is 8. The molecule has 0 heterocycles. The van der Waals surface area contributed by atoms with Gasteiger partial charge in [-0.2, -0.15) is 0 Å². The van der Waals surface area contributed by atoms with Gasteiger partial charge < -0.3 is 25.6 Å². The first-order chi connectivity index (χ1) is 7.51. The molecule has 0 aliphatic heterocycles. The normalized spacial score (nSPS) is 14.2. The van der Waals surface area contributed by atoms with Crippen molar-refractivity contribution < 1.29 is 24.2 Å². The molecule has 0 spiro atoms. The number of carboxylic acids is 1. The van der Waals surface area contributed by atoms with Crippen molar-refractivity contribution in [1.29, 1.82) is 0 Å². The van der Waals surface area contributed by atoms with Crippen molar-refractivity contribution >= 4 is 11.9 Å². The number of hydrogen-bond donors (Lipinski definition) is 3. The molecule has 94 valence electrons. The topological polar surface area (TPSA) is 111 Å². The zero-order valence-corrected chi connectivity index (χ0v) is 9.43. The number of hydrogen-bond acceptors (Lipinski definition) is 6. The molecule has 0 amide bonds. The standard InChI is InChI=1S/C9H18N2O5/c1-15-7(10)5-6(9(13)14)11-4-3-8(12)16-2/h6-7,11H,3-5,10H2,1-2H3,(H,13,14). The third-order valence-electron chi connectivity index (χ3n) is 2.02. The van der Waals surface area contributed by atoms with Gasteiger partial charge in [-0.3, -0.25) is 9.59 Å². The van der Waals surface area contributed by atoms with Crippen LogP contribution in [0.15, 0.2) is 0 Å². The Balaban J connectivity index is 3.95. The average Bonchev–Trinajstić information content (AvgIpc) is 2.26. The lowest BCUT2D eigenvalue weighted by atomic mass is 10.2. The highest BCUT2D eigenvalue weighted by Gasteiger charge is 2.20. The minimum atomic E-state index is -1.03. The summed E-state index contributed by atoms with van der Waals surface area (Å²) in [6, 6.07) is -0.834. The molecule has 0 aromatic rings. The van der Waals surface area contributed by atoms with Crippen molar-refractivity contribution in [3.05, 3.63) is 0 Å². The summed E-state index contributed by atoms with van der Waals surface area (Å²) in [5.41, 5.74) is 5.45. The molecular weight excluding hydrogens is 216 g/mol. The molecule has 7 nitrogen and oxygen atoms in total. The van der Waals surface area contributed by atoms with E-state index < -0.39 is 24.2 Å². The fourth-order valence-corrected chi connectivity index (χ4v) is 1.05. The van der Waals surface area contributed by atoms with Crippen LogP contribution in [0.3, 0.4) is 0 Å². The van der Waals surface area contributed by atoms with Crippen LogP contribution in [0.2, 0.25) is 0 Å². The van der Waals surface area contributed by atoms with E-state index in [0.29, 0.717) is 0 Å². The van der Waals surface area contributed by atoms with Crippen LogP contribution in [0.25, 0.3) is 0 Å². The lowest BCUT2D eigenvalue weighted by molar-refractivity contribution is -0.142. The second-order valence-corrected chi connectivity index (χ2v) is 3.18. The van der Waals surface area contributed by atoms with Crippen LogP contribution in [-0.4, -0.2) is 50.1 Å². The summed E-state index contributed by atoms with van der Waals surface area (Å²) in [5.74, 6) is -1.43. The van der Waals surface area contributed by atoms with Crippen molar-refractivity contribution in [2.24, 2.45) is 5.73 Å². The van der Waals surface area contributed by atoms with Crippen molar-refractivity contribution in [3.8, 4) is 0 Å². The van der Waals surface area contributed by atoms with Crippen LogP contribution < -0.4 is 11.1 Å². The van der Waals surface area contributed by atoms with E-state index in [0.717, 1.165) is 0 Å². The maximum Gasteiger partial charge on any atom is 0.320 e. The van der Waals surface area contributed by atoms with Gasteiger partial charge in [0.05, 0.1) is 13.5 Å². The van der Waals surface area contributed by atoms with E-state index in [1.54, 1.807) is 0 Å². The average molecular weight is 234 g/mol. The summed E-state index contributed by atoms with van der Waals surface area (Å²) in [6.07, 6.45) is -0.401. The number of ether oxygens (including phenoxy) is 2. The van der Waals surface area contributed by atoms with Gasteiger partial charge in [-0.05, 0) is 0 Å². The summed E-state index contributed by atoms with van der Waals surface area (Å²) in [4.78, 5) is 21.6. The molecule has 7 heteroatoms. The number of esters is 1. The van der Waals surface area contributed by atoms with Crippen LogP contribution in [-0.2, 0) is 19.1 Å². The van der Waals surface area contributed by atoms with Gasteiger partial charge in [0, 0.05) is 20.1 Å². The van der Waals surface area contributed by atoms with E-state index in [9.17, 15) is 9.59 Å². The Morgan fingerprint density at radius 1 is 1.44 bits per heavy atom. The number of carbonyl (C=O) groups is 2. The molecule has 4 N–H and O–H groups in total. The van der Waals surface area contributed by atoms with Crippen molar-refractivity contribution in [3.63, 3.8) is 0 Å². The third-order valence-corrected chi connectivity index (χ3v) is 2.02. The second kappa shape index (κ2) is 8.03.